The maximum atomic E-state index is 14.0. The van der Waals surface area contributed by atoms with E-state index in [2.05, 4.69) is 5.32 Å². The number of carbonyl (C=O) groups is 1. The van der Waals surface area contributed by atoms with Crippen molar-refractivity contribution in [3.05, 3.63) is 75.0 Å². The molecule has 1 aromatic heterocycles. The zero-order chi connectivity index (χ0) is 25.0. The zero-order valence-corrected chi connectivity index (χ0v) is 19.5. The molecule has 2 aromatic rings. The van der Waals surface area contributed by atoms with E-state index in [4.69, 9.17) is 9.47 Å². The number of ether oxygens (including phenoxy) is 2. The number of pyridine rings is 1. The first-order valence-corrected chi connectivity index (χ1v) is 10.9. The molecule has 0 bridgehead atoms. The van der Waals surface area contributed by atoms with Gasteiger partial charge in [0.1, 0.15) is 5.76 Å². The number of nitrogens with zero attached hydrogens (tertiary/aromatic N) is 2. The second-order valence-electron chi connectivity index (χ2n) is 8.22. The molecule has 0 fully saturated rings. The van der Waals surface area contributed by atoms with Gasteiger partial charge in [0.25, 0.3) is 5.56 Å². The zero-order valence-electron chi connectivity index (χ0n) is 19.5. The molecule has 2 heterocycles. The van der Waals surface area contributed by atoms with Gasteiger partial charge in [0, 0.05) is 18.4 Å². The highest BCUT2D eigenvalue weighted by atomic mass is 19.4. The van der Waals surface area contributed by atoms with E-state index in [9.17, 15) is 22.8 Å². The number of hydrogen-bond donors (Lipinski definition) is 1. The predicted molar refractivity (Wildman–Crippen MR) is 122 cm³/mol. The van der Waals surface area contributed by atoms with Crippen LogP contribution in [0.3, 0.4) is 0 Å². The fraction of sp³-hybridized carbons (Fsp3) is 0.417. The molecule has 0 aliphatic carbocycles. The third kappa shape index (κ3) is 5.44. The lowest BCUT2D eigenvalue weighted by atomic mass is 9.83. The van der Waals surface area contributed by atoms with Crippen molar-refractivity contribution in [3.63, 3.8) is 0 Å². The number of aryl methyl sites for hydroxylation is 1. The van der Waals surface area contributed by atoms with Crippen molar-refractivity contribution in [3.8, 4) is 0 Å². The molecule has 1 aliphatic heterocycles. The molecule has 0 amide bonds. The number of aromatic nitrogens is 1. The number of nitrogens with one attached hydrogen (secondary N) is 1. The molecule has 184 valence electrons. The summed E-state index contributed by atoms with van der Waals surface area (Å²) in [5.74, 6) is -1.36. The Morgan fingerprint density at radius 2 is 1.91 bits per heavy atom. The third-order valence-electron chi connectivity index (χ3n) is 5.48. The Morgan fingerprint density at radius 1 is 1.21 bits per heavy atom. The number of allylic oxidation sites excluding steroid dienone is 2. The van der Waals surface area contributed by atoms with Crippen LogP contribution in [-0.2, 0) is 22.2 Å². The number of fused-ring (bicyclic) bond motifs is 1. The van der Waals surface area contributed by atoms with Gasteiger partial charge in [0.2, 0.25) is 0 Å². The van der Waals surface area contributed by atoms with Gasteiger partial charge < -0.3 is 24.3 Å². The van der Waals surface area contributed by atoms with Crippen LogP contribution in [-0.4, -0.2) is 42.9 Å². The number of carbonyl (C=O) groups excluding carboxylic acids is 1. The normalized spacial score (nSPS) is 15.7. The van der Waals surface area contributed by atoms with Gasteiger partial charge >= 0.3 is 12.3 Å². The van der Waals surface area contributed by atoms with Gasteiger partial charge in [-0.2, -0.15) is 13.2 Å². The Labute approximate surface area is 195 Å². The topological polar surface area (TPSA) is 72.8 Å². The van der Waals surface area contributed by atoms with Crippen molar-refractivity contribution in [1.82, 2.24) is 9.47 Å². The molecule has 34 heavy (non-hydrogen) atoms. The van der Waals surface area contributed by atoms with Crippen LogP contribution in [0.25, 0.3) is 0 Å². The molecule has 1 N–H and O–H groups in total. The van der Waals surface area contributed by atoms with Gasteiger partial charge in [-0.15, -0.1) is 0 Å². The monoisotopic (exact) mass is 479 g/mol. The van der Waals surface area contributed by atoms with Gasteiger partial charge in [-0.25, -0.2) is 4.79 Å². The van der Waals surface area contributed by atoms with E-state index in [-0.39, 0.29) is 23.5 Å². The predicted octanol–water partition coefficient (Wildman–Crippen LogP) is 4.78. The fourth-order valence-corrected chi connectivity index (χ4v) is 4.00. The summed E-state index contributed by atoms with van der Waals surface area (Å²) in [6.07, 6.45) is -3.45. The van der Waals surface area contributed by atoms with E-state index in [1.54, 1.807) is 26.1 Å². The lowest BCUT2D eigenvalue weighted by molar-refractivity contribution is -0.138. The van der Waals surface area contributed by atoms with E-state index in [1.165, 1.54) is 22.8 Å². The van der Waals surface area contributed by atoms with Crippen molar-refractivity contribution in [2.45, 2.75) is 38.9 Å². The summed E-state index contributed by atoms with van der Waals surface area (Å²) in [5.41, 5.74) is -0.790. The minimum Gasteiger partial charge on any atom is -0.434 e. The Hall–Kier alpha value is -3.27. The fourth-order valence-electron chi connectivity index (χ4n) is 4.00. The number of halogens is 3. The second kappa shape index (κ2) is 10.3. The number of hydrogen-bond acceptors (Lipinski definition) is 6. The largest absolute Gasteiger partial charge is 0.513 e. The van der Waals surface area contributed by atoms with Gasteiger partial charge in [0.05, 0.1) is 29.3 Å². The molecular weight excluding hydrogens is 451 g/mol. The van der Waals surface area contributed by atoms with E-state index < -0.39 is 29.4 Å². The Balaban J connectivity index is 2.20. The molecule has 1 aromatic carbocycles. The second-order valence-corrected chi connectivity index (χ2v) is 8.22. The summed E-state index contributed by atoms with van der Waals surface area (Å²) >= 11 is 0. The first-order valence-electron chi connectivity index (χ1n) is 10.9. The molecule has 0 saturated carbocycles. The van der Waals surface area contributed by atoms with E-state index in [0.29, 0.717) is 24.4 Å². The average Bonchev–Trinajstić information content (AvgIpc) is 2.75. The number of rotatable bonds is 7. The number of benzene rings is 1. The van der Waals surface area contributed by atoms with Crippen LogP contribution in [0.15, 0.2) is 52.8 Å². The van der Waals surface area contributed by atoms with Crippen molar-refractivity contribution < 1.29 is 27.4 Å². The molecule has 10 heteroatoms. The number of anilines is 1. The Kier molecular flexibility index (Phi) is 7.71. The first-order chi connectivity index (χ1) is 16.0. The summed E-state index contributed by atoms with van der Waals surface area (Å²) < 4.78 is 53.6. The summed E-state index contributed by atoms with van der Waals surface area (Å²) in [4.78, 5) is 27.7. The lowest BCUT2D eigenvalue weighted by Gasteiger charge is -2.31. The Bertz CT molecular complexity index is 1140. The molecule has 1 unspecified atom stereocenters. The SMILES string of the molecule is CCOC(=O)OC1=C(C)Nc2ccn(CCCN(C)C)c(=O)c2C1c1ccccc1C(F)(F)F. The van der Waals surface area contributed by atoms with Gasteiger partial charge in [0.15, 0.2) is 0 Å². The number of alkyl halides is 3. The van der Waals surface area contributed by atoms with Crippen LogP contribution in [0.4, 0.5) is 23.7 Å². The van der Waals surface area contributed by atoms with E-state index >= 15 is 0 Å². The maximum absolute atomic E-state index is 14.0. The van der Waals surface area contributed by atoms with Crippen LogP contribution >= 0.6 is 0 Å². The van der Waals surface area contributed by atoms with Crippen LogP contribution < -0.4 is 10.9 Å². The van der Waals surface area contributed by atoms with Gasteiger partial charge in [-0.1, -0.05) is 18.2 Å². The van der Waals surface area contributed by atoms with E-state index in [1.807, 2.05) is 19.0 Å². The van der Waals surface area contributed by atoms with E-state index in [0.717, 1.165) is 12.6 Å². The van der Waals surface area contributed by atoms with Crippen LogP contribution in [0, 0.1) is 0 Å². The quantitative estimate of drug-likeness (QED) is 0.577. The van der Waals surface area contributed by atoms with Crippen LogP contribution in [0.5, 0.6) is 0 Å². The van der Waals surface area contributed by atoms with Crippen molar-refractivity contribution in [1.29, 1.82) is 0 Å². The van der Waals surface area contributed by atoms with Gasteiger partial charge in [-0.3, -0.25) is 4.79 Å². The molecule has 7 nitrogen and oxygen atoms in total. The molecular formula is C24H28F3N3O4. The van der Waals surface area contributed by atoms with Crippen LogP contribution in [0.2, 0.25) is 0 Å². The highest BCUT2D eigenvalue weighted by Crippen LogP contribution is 2.45. The van der Waals surface area contributed by atoms with Crippen LogP contribution in [0.1, 0.15) is 42.9 Å². The highest BCUT2D eigenvalue weighted by molar-refractivity contribution is 5.68. The molecule has 0 radical (unpaired) electrons. The minimum absolute atomic E-state index is 0.0255. The average molecular weight is 479 g/mol. The summed E-state index contributed by atoms with van der Waals surface area (Å²) in [7, 11) is 3.83. The lowest BCUT2D eigenvalue weighted by Crippen LogP contribution is -2.33. The van der Waals surface area contributed by atoms with Crippen molar-refractivity contribution in [2.75, 3.05) is 32.6 Å². The smallest absolute Gasteiger partial charge is 0.434 e. The molecule has 0 spiro atoms. The van der Waals surface area contributed by atoms with Crippen molar-refractivity contribution in [2.24, 2.45) is 0 Å². The summed E-state index contributed by atoms with van der Waals surface area (Å²) in [6.45, 7) is 4.30. The van der Waals surface area contributed by atoms with Crippen molar-refractivity contribution >= 4 is 11.8 Å². The summed E-state index contributed by atoms with van der Waals surface area (Å²) in [5, 5.41) is 3.00. The third-order valence-corrected chi connectivity index (χ3v) is 5.48. The standard InChI is InChI=1S/C24H28F3N3O4/c1-5-33-23(32)34-21-15(2)28-18-11-14-30(13-8-12-29(3)4)22(31)20(18)19(21)16-9-6-7-10-17(16)24(25,26)27/h6-7,9-11,14,19,28H,5,8,12-13H2,1-4H3. The molecule has 1 atom stereocenters. The minimum atomic E-state index is -4.68. The molecule has 1 aliphatic rings. The Morgan fingerprint density at radius 3 is 2.56 bits per heavy atom. The van der Waals surface area contributed by atoms with Gasteiger partial charge in [-0.05, 0) is 58.6 Å². The first kappa shape index (κ1) is 25.4. The molecule has 3 rings (SSSR count). The summed E-state index contributed by atoms with van der Waals surface area (Å²) in [6, 6.07) is 6.64. The maximum Gasteiger partial charge on any atom is 0.513 e. The highest BCUT2D eigenvalue weighted by Gasteiger charge is 2.41. The molecule has 0 saturated heterocycles.